The van der Waals surface area contributed by atoms with E-state index >= 15 is 0 Å². The van der Waals surface area contributed by atoms with Crippen LogP contribution in [-0.4, -0.2) is 39.3 Å². The lowest BCUT2D eigenvalue weighted by Crippen LogP contribution is -2.26. The molecule has 0 atom stereocenters. The summed E-state index contributed by atoms with van der Waals surface area (Å²) in [4.78, 5) is 18.4. The molecule has 4 aromatic heterocycles. The highest BCUT2D eigenvalue weighted by Gasteiger charge is 2.17. The molecule has 1 aromatic carbocycles. The molecular formula is C28H32N8O. The van der Waals surface area contributed by atoms with Gasteiger partial charge in [-0.25, -0.2) is 4.79 Å². The molecule has 0 saturated heterocycles. The molecule has 5 rings (SSSR count). The van der Waals surface area contributed by atoms with E-state index in [1.165, 1.54) is 0 Å². The summed E-state index contributed by atoms with van der Waals surface area (Å²) in [7, 11) is 0. The van der Waals surface area contributed by atoms with E-state index in [1.807, 2.05) is 57.9 Å². The van der Waals surface area contributed by atoms with Gasteiger partial charge in [0.25, 0.3) is 0 Å². The lowest BCUT2D eigenvalue weighted by Gasteiger charge is -2.10. The molecular weight excluding hydrogens is 464 g/mol. The van der Waals surface area contributed by atoms with Gasteiger partial charge in [0.15, 0.2) is 0 Å². The molecule has 0 aliphatic heterocycles. The van der Waals surface area contributed by atoms with E-state index in [4.69, 9.17) is 4.98 Å². The fourth-order valence-electron chi connectivity index (χ4n) is 4.77. The molecule has 37 heavy (non-hydrogen) atoms. The Balaban J connectivity index is 1.48. The van der Waals surface area contributed by atoms with Gasteiger partial charge >= 0.3 is 5.69 Å². The average Bonchev–Trinajstić information content (AvgIpc) is 3.65. The Bertz CT molecular complexity index is 1520. The van der Waals surface area contributed by atoms with Crippen LogP contribution in [0.4, 0.5) is 0 Å². The fraction of sp³-hybridized carbons (Fsp3) is 0.321. The van der Waals surface area contributed by atoms with Crippen molar-refractivity contribution in [1.82, 2.24) is 39.3 Å². The van der Waals surface area contributed by atoms with Crippen LogP contribution >= 0.6 is 0 Å². The van der Waals surface area contributed by atoms with Gasteiger partial charge in [-0.3, -0.25) is 14.1 Å². The fourth-order valence-corrected chi connectivity index (χ4v) is 4.77. The maximum atomic E-state index is 13.7. The van der Waals surface area contributed by atoms with Crippen molar-refractivity contribution in [3.8, 4) is 28.5 Å². The van der Waals surface area contributed by atoms with Gasteiger partial charge in [-0.1, -0.05) is 50.6 Å². The number of benzene rings is 1. The van der Waals surface area contributed by atoms with Crippen LogP contribution in [0.15, 0.2) is 65.8 Å². The SMILES string of the molecule is CCCCc1cn(-c2c(C)ccn2CCC)c(=O)n1Cc1ccc(-c2ccccc2-c2nn[nH]n2)nc1. The van der Waals surface area contributed by atoms with Crippen LogP contribution in [0.25, 0.3) is 28.5 Å². The molecule has 0 spiro atoms. The second-order valence-corrected chi connectivity index (χ2v) is 9.31. The number of tetrazole rings is 1. The first kappa shape index (κ1) is 24.4. The summed E-state index contributed by atoms with van der Waals surface area (Å²) >= 11 is 0. The second-order valence-electron chi connectivity index (χ2n) is 9.31. The smallest absolute Gasteiger partial charge is 0.334 e. The molecule has 5 aromatic rings. The molecule has 0 fully saturated rings. The first-order valence-electron chi connectivity index (χ1n) is 12.9. The number of unbranched alkanes of at least 4 members (excludes halogenated alkanes) is 1. The molecule has 9 heteroatoms. The minimum atomic E-state index is -0.0169. The summed E-state index contributed by atoms with van der Waals surface area (Å²) in [5, 5.41) is 14.4. The van der Waals surface area contributed by atoms with Gasteiger partial charge in [-0.15, -0.1) is 10.2 Å². The topological polar surface area (TPSA) is 99.2 Å². The molecule has 0 saturated carbocycles. The monoisotopic (exact) mass is 496 g/mol. The first-order chi connectivity index (χ1) is 18.1. The Morgan fingerprint density at radius 3 is 2.54 bits per heavy atom. The Morgan fingerprint density at radius 1 is 1.00 bits per heavy atom. The maximum Gasteiger partial charge on any atom is 0.334 e. The maximum absolute atomic E-state index is 13.7. The standard InChI is InChI=1S/C28H32N8O/c1-4-6-9-22-19-36(27-20(3)14-16-34(27)15-5-2)28(37)35(22)18-21-12-13-25(29-17-21)23-10-7-8-11-24(23)26-30-32-33-31-26/h7-8,10-14,16-17,19H,4-6,9,15,18H2,1-3H3,(H,30,31,32,33). The predicted octanol–water partition coefficient (Wildman–Crippen LogP) is 4.79. The molecule has 0 aliphatic rings. The van der Waals surface area contributed by atoms with E-state index in [0.29, 0.717) is 12.4 Å². The van der Waals surface area contributed by atoms with Gasteiger partial charge in [0, 0.05) is 42.0 Å². The van der Waals surface area contributed by atoms with Gasteiger partial charge < -0.3 is 4.57 Å². The minimum Gasteiger partial charge on any atom is -0.334 e. The lowest BCUT2D eigenvalue weighted by molar-refractivity contribution is 0.643. The number of rotatable bonds is 10. The van der Waals surface area contributed by atoms with E-state index in [9.17, 15) is 4.79 Å². The van der Waals surface area contributed by atoms with Gasteiger partial charge in [0.05, 0.1) is 12.2 Å². The highest BCUT2D eigenvalue weighted by atomic mass is 16.1. The van der Waals surface area contributed by atoms with E-state index in [0.717, 1.165) is 71.7 Å². The number of pyridine rings is 1. The van der Waals surface area contributed by atoms with Crippen molar-refractivity contribution in [3.05, 3.63) is 88.4 Å². The lowest BCUT2D eigenvalue weighted by atomic mass is 10.0. The zero-order valence-corrected chi connectivity index (χ0v) is 21.6. The third-order valence-electron chi connectivity index (χ3n) is 6.62. The second kappa shape index (κ2) is 10.8. The first-order valence-corrected chi connectivity index (χ1v) is 12.9. The molecule has 4 heterocycles. The number of aryl methyl sites for hydroxylation is 3. The molecule has 0 unspecified atom stereocenters. The number of nitrogens with zero attached hydrogens (tertiary/aromatic N) is 7. The minimum absolute atomic E-state index is 0.0169. The van der Waals surface area contributed by atoms with Gasteiger partial charge in [0.1, 0.15) is 5.82 Å². The molecule has 0 aliphatic carbocycles. The third-order valence-corrected chi connectivity index (χ3v) is 6.62. The van der Waals surface area contributed by atoms with Crippen LogP contribution in [0.1, 0.15) is 49.9 Å². The van der Waals surface area contributed by atoms with Gasteiger partial charge in [0.2, 0.25) is 5.82 Å². The van der Waals surface area contributed by atoms with E-state index < -0.39 is 0 Å². The van der Waals surface area contributed by atoms with Gasteiger partial charge in [-0.2, -0.15) is 5.21 Å². The number of aromatic nitrogens is 8. The van der Waals surface area contributed by atoms with E-state index in [-0.39, 0.29) is 5.69 Å². The normalized spacial score (nSPS) is 11.3. The van der Waals surface area contributed by atoms with Crippen molar-refractivity contribution < 1.29 is 0 Å². The number of hydrogen-bond donors (Lipinski definition) is 1. The number of aromatic amines is 1. The Hall–Kier alpha value is -4.27. The van der Waals surface area contributed by atoms with Crippen LogP contribution in [0.5, 0.6) is 0 Å². The summed E-state index contributed by atoms with van der Waals surface area (Å²) in [6.07, 6.45) is 9.90. The zero-order chi connectivity index (χ0) is 25.8. The summed E-state index contributed by atoms with van der Waals surface area (Å²) < 4.78 is 5.88. The molecule has 0 radical (unpaired) electrons. The van der Waals surface area contributed by atoms with Crippen molar-refractivity contribution in [2.24, 2.45) is 0 Å². The highest BCUT2D eigenvalue weighted by molar-refractivity contribution is 5.78. The summed E-state index contributed by atoms with van der Waals surface area (Å²) in [6.45, 7) is 7.73. The largest absolute Gasteiger partial charge is 0.334 e. The number of imidazole rings is 1. The van der Waals surface area contributed by atoms with Crippen molar-refractivity contribution in [1.29, 1.82) is 0 Å². The van der Waals surface area contributed by atoms with E-state index in [2.05, 4.69) is 58.2 Å². The van der Waals surface area contributed by atoms with Crippen LogP contribution < -0.4 is 5.69 Å². The number of H-pyrrole nitrogens is 1. The summed E-state index contributed by atoms with van der Waals surface area (Å²) in [5.41, 5.74) is 5.69. The van der Waals surface area contributed by atoms with Crippen molar-refractivity contribution in [3.63, 3.8) is 0 Å². The average molecular weight is 497 g/mol. The third kappa shape index (κ3) is 4.89. The Labute approximate surface area is 215 Å². The van der Waals surface area contributed by atoms with Crippen molar-refractivity contribution >= 4 is 0 Å². The zero-order valence-electron chi connectivity index (χ0n) is 21.6. The number of hydrogen-bond acceptors (Lipinski definition) is 5. The van der Waals surface area contributed by atoms with Crippen molar-refractivity contribution in [2.45, 2.75) is 59.5 Å². The quantitative estimate of drug-likeness (QED) is 0.300. The highest BCUT2D eigenvalue weighted by Crippen LogP contribution is 2.28. The van der Waals surface area contributed by atoms with Gasteiger partial charge in [-0.05, 0) is 54.7 Å². The molecule has 9 nitrogen and oxygen atoms in total. The Morgan fingerprint density at radius 2 is 1.84 bits per heavy atom. The molecule has 1 N–H and O–H groups in total. The van der Waals surface area contributed by atoms with Crippen LogP contribution in [0.2, 0.25) is 0 Å². The van der Waals surface area contributed by atoms with Crippen LogP contribution in [0.3, 0.4) is 0 Å². The van der Waals surface area contributed by atoms with Crippen LogP contribution in [-0.2, 0) is 19.5 Å². The van der Waals surface area contributed by atoms with Crippen molar-refractivity contribution in [2.75, 3.05) is 0 Å². The number of nitrogens with one attached hydrogen (secondary N) is 1. The predicted molar refractivity (Wildman–Crippen MR) is 144 cm³/mol. The van der Waals surface area contributed by atoms with Crippen LogP contribution in [0, 0.1) is 6.92 Å². The molecule has 190 valence electrons. The summed E-state index contributed by atoms with van der Waals surface area (Å²) in [6, 6.07) is 14.0. The Kier molecular flexibility index (Phi) is 7.11. The van der Waals surface area contributed by atoms with E-state index in [1.54, 1.807) is 0 Å². The molecule has 0 amide bonds. The molecule has 0 bridgehead atoms. The summed E-state index contributed by atoms with van der Waals surface area (Å²) in [5.74, 6) is 1.48.